The number of aromatic nitrogens is 2. The first-order chi connectivity index (χ1) is 11.3. The normalized spacial score (nSPS) is 10.3. The first kappa shape index (κ1) is 17.3. The summed E-state index contributed by atoms with van der Waals surface area (Å²) in [5, 5.41) is 15.8. The van der Waals surface area contributed by atoms with Gasteiger partial charge in [0.05, 0.1) is 24.1 Å². The summed E-state index contributed by atoms with van der Waals surface area (Å²) >= 11 is 0. The quantitative estimate of drug-likeness (QED) is 0.835. The SMILES string of the molecule is COc1cc(C(=O)O)ccc1NC(=O)COc1c(C)nn(C)c1C. The predicted octanol–water partition coefficient (Wildman–Crippen LogP) is 1.76. The third-order valence-corrected chi connectivity index (χ3v) is 3.51. The molecular weight excluding hydrogens is 314 g/mol. The third-order valence-electron chi connectivity index (χ3n) is 3.51. The molecule has 0 bridgehead atoms. The number of rotatable bonds is 6. The summed E-state index contributed by atoms with van der Waals surface area (Å²) in [5.74, 6) is -0.631. The van der Waals surface area contributed by atoms with Crippen molar-refractivity contribution in [3.05, 3.63) is 35.2 Å². The number of aryl methyl sites for hydroxylation is 2. The van der Waals surface area contributed by atoms with Gasteiger partial charge in [-0.3, -0.25) is 9.48 Å². The first-order valence-corrected chi connectivity index (χ1v) is 7.17. The fraction of sp³-hybridized carbons (Fsp3) is 0.312. The zero-order valence-corrected chi connectivity index (χ0v) is 13.9. The summed E-state index contributed by atoms with van der Waals surface area (Å²) in [6.07, 6.45) is 0. The van der Waals surface area contributed by atoms with Crippen LogP contribution in [0.25, 0.3) is 0 Å². The van der Waals surface area contributed by atoms with Crippen LogP contribution in [0.1, 0.15) is 21.7 Å². The van der Waals surface area contributed by atoms with Crippen LogP contribution in [-0.4, -0.2) is 40.5 Å². The van der Waals surface area contributed by atoms with Crippen molar-refractivity contribution in [1.82, 2.24) is 9.78 Å². The Bertz CT molecular complexity index is 782. The lowest BCUT2D eigenvalue weighted by atomic mass is 10.2. The van der Waals surface area contributed by atoms with Gasteiger partial charge in [-0.25, -0.2) is 4.79 Å². The van der Waals surface area contributed by atoms with Gasteiger partial charge in [0, 0.05) is 7.05 Å². The van der Waals surface area contributed by atoms with Crippen LogP contribution < -0.4 is 14.8 Å². The molecule has 0 saturated heterocycles. The maximum atomic E-state index is 12.1. The summed E-state index contributed by atoms with van der Waals surface area (Å²) in [6, 6.07) is 4.20. The summed E-state index contributed by atoms with van der Waals surface area (Å²) in [5.41, 5.74) is 1.97. The van der Waals surface area contributed by atoms with Crippen molar-refractivity contribution in [2.24, 2.45) is 7.05 Å². The van der Waals surface area contributed by atoms with Crippen molar-refractivity contribution in [3.8, 4) is 11.5 Å². The molecule has 0 saturated carbocycles. The van der Waals surface area contributed by atoms with Crippen LogP contribution >= 0.6 is 0 Å². The lowest BCUT2D eigenvalue weighted by molar-refractivity contribution is -0.118. The molecule has 0 spiro atoms. The van der Waals surface area contributed by atoms with Crippen molar-refractivity contribution < 1.29 is 24.2 Å². The number of nitrogens with zero attached hydrogens (tertiary/aromatic N) is 2. The second-order valence-electron chi connectivity index (χ2n) is 5.18. The number of nitrogens with one attached hydrogen (secondary N) is 1. The highest BCUT2D eigenvalue weighted by Crippen LogP contribution is 2.26. The Balaban J connectivity index is 2.06. The molecular formula is C16H19N3O5. The molecule has 0 aliphatic rings. The van der Waals surface area contributed by atoms with E-state index in [1.165, 1.54) is 25.3 Å². The van der Waals surface area contributed by atoms with Gasteiger partial charge in [0.1, 0.15) is 11.4 Å². The topological polar surface area (TPSA) is 103 Å². The van der Waals surface area contributed by atoms with Crippen molar-refractivity contribution >= 4 is 17.6 Å². The van der Waals surface area contributed by atoms with Crippen molar-refractivity contribution in [2.45, 2.75) is 13.8 Å². The average molecular weight is 333 g/mol. The number of amides is 1. The second kappa shape index (κ2) is 7.03. The number of benzene rings is 1. The van der Waals surface area contributed by atoms with Crippen molar-refractivity contribution in [3.63, 3.8) is 0 Å². The molecule has 2 aromatic rings. The molecule has 0 unspecified atom stereocenters. The lowest BCUT2D eigenvalue weighted by Crippen LogP contribution is -2.21. The molecule has 1 aromatic heterocycles. The van der Waals surface area contributed by atoms with Crippen LogP contribution in [0.15, 0.2) is 18.2 Å². The number of anilines is 1. The number of carbonyl (C=O) groups excluding carboxylic acids is 1. The number of carbonyl (C=O) groups is 2. The number of methoxy groups -OCH3 is 1. The summed E-state index contributed by atoms with van der Waals surface area (Å²) in [7, 11) is 3.19. The molecule has 0 aliphatic heterocycles. The monoisotopic (exact) mass is 333 g/mol. The standard InChI is InChI=1S/C16H19N3O5/c1-9-15(10(2)19(3)18-9)24-8-14(20)17-12-6-5-11(16(21)22)7-13(12)23-4/h5-7H,8H2,1-4H3,(H,17,20)(H,21,22). The van der Waals surface area contributed by atoms with Crippen molar-refractivity contribution in [2.75, 3.05) is 19.0 Å². The van der Waals surface area contributed by atoms with E-state index in [1.807, 2.05) is 6.92 Å². The molecule has 1 amide bonds. The van der Waals surface area contributed by atoms with E-state index in [1.54, 1.807) is 18.7 Å². The smallest absolute Gasteiger partial charge is 0.335 e. The van der Waals surface area contributed by atoms with Gasteiger partial charge in [-0.15, -0.1) is 0 Å². The Kier molecular flexibility index (Phi) is 5.08. The van der Waals surface area contributed by atoms with Crippen LogP contribution in [0, 0.1) is 13.8 Å². The van der Waals surface area contributed by atoms with Gasteiger partial charge in [0.15, 0.2) is 12.4 Å². The van der Waals surface area contributed by atoms with Gasteiger partial charge in [-0.1, -0.05) is 0 Å². The molecule has 0 aliphatic carbocycles. The maximum Gasteiger partial charge on any atom is 0.335 e. The van der Waals surface area contributed by atoms with Gasteiger partial charge in [-0.2, -0.15) is 5.10 Å². The number of carboxylic acids is 1. The van der Waals surface area contributed by atoms with E-state index in [0.29, 0.717) is 17.1 Å². The molecule has 1 heterocycles. The molecule has 0 atom stereocenters. The highest BCUT2D eigenvalue weighted by atomic mass is 16.5. The largest absolute Gasteiger partial charge is 0.495 e. The number of hydrogen-bond donors (Lipinski definition) is 2. The van der Waals surface area contributed by atoms with Gasteiger partial charge in [0.25, 0.3) is 5.91 Å². The first-order valence-electron chi connectivity index (χ1n) is 7.17. The van der Waals surface area contributed by atoms with E-state index in [0.717, 1.165) is 5.69 Å². The van der Waals surface area contributed by atoms with E-state index in [2.05, 4.69) is 10.4 Å². The summed E-state index contributed by atoms with van der Waals surface area (Å²) in [4.78, 5) is 23.0. The zero-order valence-electron chi connectivity index (χ0n) is 13.9. The lowest BCUT2D eigenvalue weighted by Gasteiger charge is -2.11. The molecule has 24 heavy (non-hydrogen) atoms. The highest BCUT2D eigenvalue weighted by molar-refractivity contribution is 5.95. The highest BCUT2D eigenvalue weighted by Gasteiger charge is 2.15. The number of carboxylic acid groups (broad SMARTS) is 1. The molecule has 2 rings (SSSR count). The fourth-order valence-electron chi connectivity index (χ4n) is 2.21. The van der Waals surface area contributed by atoms with E-state index in [9.17, 15) is 9.59 Å². The molecule has 2 N–H and O–H groups in total. The molecule has 0 fully saturated rings. The minimum atomic E-state index is -1.07. The Morgan fingerprint density at radius 2 is 2.04 bits per heavy atom. The molecule has 8 heteroatoms. The third kappa shape index (κ3) is 3.65. The Labute approximate surface area is 139 Å². The summed E-state index contributed by atoms with van der Waals surface area (Å²) in [6.45, 7) is 3.45. The molecule has 1 aromatic carbocycles. The van der Waals surface area contributed by atoms with Crippen molar-refractivity contribution in [1.29, 1.82) is 0 Å². The maximum absolute atomic E-state index is 12.1. The Hall–Kier alpha value is -3.03. The number of ether oxygens (including phenoxy) is 2. The number of aromatic carboxylic acids is 1. The predicted molar refractivity (Wildman–Crippen MR) is 86.8 cm³/mol. The molecule has 128 valence electrons. The van der Waals surface area contributed by atoms with Crippen LogP contribution in [0.2, 0.25) is 0 Å². The van der Waals surface area contributed by atoms with Gasteiger partial charge in [-0.05, 0) is 32.0 Å². The fourth-order valence-corrected chi connectivity index (χ4v) is 2.21. The van der Waals surface area contributed by atoms with Gasteiger partial charge < -0.3 is 19.9 Å². The number of hydrogen-bond acceptors (Lipinski definition) is 5. The van der Waals surface area contributed by atoms with Gasteiger partial charge >= 0.3 is 5.97 Å². The van der Waals surface area contributed by atoms with E-state index < -0.39 is 5.97 Å². The minimum absolute atomic E-state index is 0.0720. The van der Waals surface area contributed by atoms with E-state index in [4.69, 9.17) is 14.6 Å². The van der Waals surface area contributed by atoms with E-state index in [-0.39, 0.29) is 23.8 Å². The molecule has 8 nitrogen and oxygen atoms in total. The average Bonchev–Trinajstić information content (AvgIpc) is 2.78. The Morgan fingerprint density at radius 1 is 1.33 bits per heavy atom. The van der Waals surface area contributed by atoms with Crippen LogP contribution in [0.5, 0.6) is 11.5 Å². The molecule has 0 radical (unpaired) electrons. The van der Waals surface area contributed by atoms with Crippen LogP contribution in [0.3, 0.4) is 0 Å². The van der Waals surface area contributed by atoms with Gasteiger partial charge in [0.2, 0.25) is 0 Å². The van der Waals surface area contributed by atoms with E-state index >= 15 is 0 Å². The van der Waals surface area contributed by atoms with Crippen LogP contribution in [-0.2, 0) is 11.8 Å². The second-order valence-corrected chi connectivity index (χ2v) is 5.18. The Morgan fingerprint density at radius 3 is 2.58 bits per heavy atom. The minimum Gasteiger partial charge on any atom is -0.495 e. The summed E-state index contributed by atoms with van der Waals surface area (Å²) < 4.78 is 12.3. The zero-order chi connectivity index (χ0) is 17.9. The van der Waals surface area contributed by atoms with Crippen LogP contribution in [0.4, 0.5) is 5.69 Å².